The van der Waals surface area contributed by atoms with E-state index in [2.05, 4.69) is 4.98 Å². The van der Waals surface area contributed by atoms with Crippen molar-refractivity contribution in [1.29, 1.82) is 0 Å². The van der Waals surface area contributed by atoms with Crippen LogP contribution in [-0.4, -0.2) is 15.8 Å². The average Bonchev–Trinajstić information content (AvgIpc) is 2.02. The molecule has 0 saturated carbocycles. The van der Waals surface area contributed by atoms with Crippen LogP contribution in [0.5, 0.6) is 0 Å². The van der Waals surface area contributed by atoms with Crippen molar-refractivity contribution in [2.75, 3.05) is 5.73 Å². The molecule has 0 aliphatic carbocycles. The summed E-state index contributed by atoms with van der Waals surface area (Å²) in [5.41, 5.74) is 9.80. The lowest BCUT2D eigenvalue weighted by Crippen LogP contribution is -2.16. The SMILES string of the molecule is NC(=O)c1c(N)ccnc1[N+](=O)[O-]. The summed E-state index contributed by atoms with van der Waals surface area (Å²) in [5.74, 6) is -1.58. The van der Waals surface area contributed by atoms with E-state index < -0.39 is 16.6 Å². The minimum atomic E-state index is -0.961. The molecule has 1 rings (SSSR count). The number of nitro groups is 1. The van der Waals surface area contributed by atoms with Gasteiger partial charge >= 0.3 is 5.82 Å². The van der Waals surface area contributed by atoms with Gasteiger partial charge in [0.2, 0.25) is 0 Å². The van der Waals surface area contributed by atoms with E-state index in [0.29, 0.717) is 0 Å². The summed E-state index contributed by atoms with van der Waals surface area (Å²) in [7, 11) is 0. The van der Waals surface area contributed by atoms with Crippen molar-refractivity contribution in [3.8, 4) is 0 Å². The summed E-state index contributed by atoms with van der Waals surface area (Å²) in [4.78, 5) is 23.7. The van der Waals surface area contributed by atoms with Gasteiger partial charge in [0, 0.05) is 6.07 Å². The van der Waals surface area contributed by atoms with Crippen LogP contribution in [0.25, 0.3) is 0 Å². The Bertz CT molecular complexity index is 376. The van der Waals surface area contributed by atoms with Crippen LogP contribution in [0.4, 0.5) is 11.5 Å². The number of hydrogen-bond donors (Lipinski definition) is 2. The Hall–Kier alpha value is -2.18. The van der Waals surface area contributed by atoms with E-state index in [1.807, 2.05) is 0 Å². The van der Waals surface area contributed by atoms with Gasteiger partial charge in [0.15, 0.2) is 5.56 Å². The molecule has 4 N–H and O–H groups in total. The third-order valence-electron chi connectivity index (χ3n) is 1.38. The van der Waals surface area contributed by atoms with Crippen LogP contribution in [0.1, 0.15) is 10.4 Å². The van der Waals surface area contributed by atoms with Crippen molar-refractivity contribution >= 4 is 17.4 Å². The summed E-state index contributed by atoms with van der Waals surface area (Å²) in [6.07, 6.45) is 1.14. The maximum atomic E-state index is 10.7. The molecule has 0 spiro atoms. The van der Waals surface area contributed by atoms with Crippen LogP contribution in [0.3, 0.4) is 0 Å². The lowest BCUT2D eigenvalue weighted by atomic mass is 10.2. The molecule has 0 saturated heterocycles. The Kier molecular flexibility index (Phi) is 2.09. The van der Waals surface area contributed by atoms with Gasteiger partial charge in [0.05, 0.1) is 5.69 Å². The van der Waals surface area contributed by atoms with Gasteiger partial charge in [-0.2, -0.15) is 0 Å². The molecule has 0 aromatic carbocycles. The smallest absolute Gasteiger partial charge is 0.378 e. The third-order valence-corrected chi connectivity index (χ3v) is 1.38. The summed E-state index contributed by atoms with van der Waals surface area (Å²) in [5, 5.41) is 10.4. The lowest BCUT2D eigenvalue weighted by Gasteiger charge is -2.00. The maximum absolute atomic E-state index is 10.7. The maximum Gasteiger partial charge on any atom is 0.378 e. The highest BCUT2D eigenvalue weighted by Gasteiger charge is 2.22. The first-order chi connectivity index (χ1) is 6.04. The van der Waals surface area contributed by atoms with Crippen molar-refractivity contribution in [3.05, 3.63) is 27.9 Å². The number of nitrogens with two attached hydrogens (primary N) is 2. The molecule has 0 fully saturated rings. The predicted octanol–water partition coefficient (Wildman–Crippen LogP) is -0.329. The van der Waals surface area contributed by atoms with Gasteiger partial charge in [0.1, 0.15) is 6.20 Å². The largest absolute Gasteiger partial charge is 0.398 e. The van der Waals surface area contributed by atoms with Crippen molar-refractivity contribution in [1.82, 2.24) is 4.98 Å². The van der Waals surface area contributed by atoms with Gasteiger partial charge in [-0.05, 0) is 9.91 Å². The fraction of sp³-hybridized carbons (Fsp3) is 0. The molecule has 0 aliphatic heterocycles. The van der Waals surface area contributed by atoms with E-state index in [1.165, 1.54) is 6.07 Å². The molecule has 7 nitrogen and oxygen atoms in total. The number of primary amides is 1. The van der Waals surface area contributed by atoms with E-state index in [1.54, 1.807) is 0 Å². The Morgan fingerprint density at radius 3 is 2.62 bits per heavy atom. The zero-order chi connectivity index (χ0) is 10.0. The number of aromatic nitrogens is 1. The molecule has 1 aromatic rings. The van der Waals surface area contributed by atoms with Gasteiger partial charge in [0.25, 0.3) is 5.91 Å². The number of pyridine rings is 1. The standard InChI is InChI=1S/C6H6N4O3/c7-3-1-2-9-6(10(12)13)4(3)5(8)11/h1-2H,(H2,7,9)(H2,8,11). The lowest BCUT2D eigenvalue weighted by molar-refractivity contribution is -0.389. The molecular weight excluding hydrogens is 176 g/mol. The number of amides is 1. The van der Waals surface area contributed by atoms with Gasteiger partial charge in [-0.15, -0.1) is 0 Å². The van der Waals surface area contributed by atoms with E-state index in [-0.39, 0.29) is 11.3 Å². The van der Waals surface area contributed by atoms with Gasteiger partial charge in [-0.1, -0.05) is 0 Å². The van der Waals surface area contributed by atoms with Crippen LogP contribution in [0, 0.1) is 10.1 Å². The molecule has 1 heterocycles. The summed E-state index contributed by atoms with van der Waals surface area (Å²) < 4.78 is 0. The number of carbonyl (C=O) groups is 1. The molecule has 0 unspecified atom stereocenters. The molecule has 7 heteroatoms. The second-order valence-corrected chi connectivity index (χ2v) is 2.22. The van der Waals surface area contributed by atoms with Crippen molar-refractivity contribution in [3.63, 3.8) is 0 Å². The monoisotopic (exact) mass is 182 g/mol. The number of carbonyl (C=O) groups excluding carboxylic acids is 1. The second kappa shape index (κ2) is 3.05. The first-order valence-electron chi connectivity index (χ1n) is 3.22. The second-order valence-electron chi connectivity index (χ2n) is 2.22. The molecule has 13 heavy (non-hydrogen) atoms. The average molecular weight is 182 g/mol. The first kappa shape index (κ1) is 8.91. The molecule has 68 valence electrons. The summed E-state index contributed by atoms with van der Waals surface area (Å²) in [6, 6.07) is 1.27. The zero-order valence-corrected chi connectivity index (χ0v) is 6.43. The summed E-state index contributed by atoms with van der Waals surface area (Å²) in [6.45, 7) is 0. The Morgan fingerprint density at radius 2 is 2.23 bits per heavy atom. The zero-order valence-electron chi connectivity index (χ0n) is 6.43. The molecular formula is C6H6N4O3. The normalized spacial score (nSPS) is 9.54. The minimum Gasteiger partial charge on any atom is -0.398 e. The molecule has 0 atom stereocenters. The summed E-state index contributed by atoms with van der Waals surface area (Å²) >= 11 is 0. The minimum absolute atomic E-state index is 0.0470. The van der Waals surface area contributed by atoms with E-state index in [0.717, 1.165) is 6.20 Å². The van der Waals surface area contributed by atoms with E-state index in [9.17, 15) is 14.9 Å². The van der Waals surface area contributed by atoms with Crippen LogP contribution in [0.2, 0.25) is 0 Å². The fourth-order valence-corrected chi connectivity index (χ4v) is 0.856. The Balaban J connectivity index is 3.43. The number of hydrogen-bond acceptors (Lipinski definition) is 5. The van der Waals surface area contributed by atoms with Gasteiger partial charge in [-0.25, -0.2) is 0 Å². The molecule has 1 amide bonds. The number of nitrogens with zero attached hydrogens (tertiary/aromatic N) is 2. The Morgan fingerprint density at radius 1 is 1.62 bits per heavy atom. The van der Waals surface area contributed by atoms with Crippen molar-refractivity contribution < 1.29 is 9.72 Å². The highest BCUT2D eigenvalue weighted by atomic mass is 16.6. The first-order valence-corrected chi connectivity index (χ1v) is 3.22. The fourth-order valence-electron chi connectivity index (χ4n) is 0.856. The third kappa shape index (κ3) is 1.53. The topological polar surface area (TPSA) is 125 Å². The highest BCUT2D eigenvalue weighted by molar-refractivity contribution is 6.01. The van der Waals surface area contributed by atoms with Crippen LogP contribution in [-0.2, 0) is 0 Å². The molecule has 0 radical (unpaired) electrons. The van der Waals surface area contributed by atoms with Crippen LogP contribution in [0.15, 0.2) is 12.3 Å². The van der Waals surface area contributed by atoms with E-state index >= 15 is 0 Å². The number of nitrogen functional groups attached to an aromatic ring is 1. The highest BCUT2D eigenvalue weighted by Crippen LogP contribution is 2.19. The van der Waals surface area contributed by atoms with Crippen molar-refractivity contribution in [2.45, 2.75) is 0 Å². The molecule has 0 aliphatic rings. The van der Waals surface area contributed by atoms with Gasteiger partial charge < -0.3 is 21.6 Å². The van der Waals surface area contributed by atoms with Crippen LogP contribution < -0.4 is 11.5 Å². The Labute approximate surface area is 72.5 Å². The quantitative estimate of drug-likeness (QED) is 0.478. The van der Waals surface area contributed by atoms with Crippen molar-refractivity contribution in [2.24, 2.45) is 5.73 Å². The molecule has 1 aromatic heterocycles. The van der Waals surface area contributed by atoms with Gasteiger partial charge in [-0.3, -0.25) is 4.79 Å². The molecule has 0 bridgehead atoms. The van der Waals surface area contributed by atoms with E-state index in [4.69, 9.17) is 11.5 Å². The predicted molar refractivity (Wildman–Crippen MR) is 43.8 cm³/mol. The number of anilines is 1. The number of rotatable bonds is 2. The van der Waals surface area contributed by atoms with Crippen LogP contribution >= 0.6 is 0 Å².